The highest BCUT2D eigenvalue weighted by molar-refractivity contribution is 7.10. The summed E-state index contributed by atoms with van der Waals surface area (Å²) < 4.78 is 17.1. The molecule has 206 valence electrons. The van der Waals surface area contributed by atoms with Gasteiger partial charge in [-0.15, -0.1) is 11.3 Å². The summed E-state index contributed by atoms with van der Waals surface area (Å²) >= 11 is 1.72. The third-order valence-corrected chi connectivity index (χ3v) is 8.33. The molecule has 0 saturated carbocycles. The summed E-state index contributed by atoms with van der Waals surface area (Å²) in [6, 6.07) is 15.2. The lowest BCUT2D eigenvalue weighted by Gasteiger charge is -2.40. The van der Waals surface area contributed by atoms with Gasteiger partial charge in [0.15, 0.2) is 11.5 Å². The fourth-order valence-electron chi connectivity index (χ4n) is 5.02. The van der Waals surface area contributed by atoms with Gasteiger partial charge in [0.2, 0.25) is 12.7 Å². The molecule has 0 radical (unpaired) electrons. The first-order chi connectivity index (χ1) is 18.6. The summed E-state index contributed by atoms with van der Waals surface area (Å²) in [5, 5.41) is 2.08. The van der Waals surface area contributed by atoms with Crippen LogP contribution in [-0.2, 0) is 11.2 Å². The van der Waals surface area contributed by atoms with Crippen molar-refractivity contribution < 1.29 is 23.8 Å². The molecule has 1 atom stereocenters. The van der Waals surface area contributed by atoms with E-state index in [2.05, 4.69) is 37.4 Å². The van der Waals surface area contributed by atoms with Gasteiger partial charge in [0.05, 0.1) is 6.04 Å². The number of hydrogen-bond donors (Lipinski definition) is 0. The lowest BCUT2D eigenvalue weighted by Crippen LogP contribution is -2.53. The number of hydrogen-bond acceptors (Lipinski definition) is 6. The van der Waals surface area contributed by atoms with Crippen LogP contribution in [-0.4, -0.2) is 53.6 Å². The first kappa shape index (κ1) is 27.1. The lowest BCUT2D eigenvalue weighted by molar-refractivity contribution is -0.136. The summed E-state index contributed by atoms with van der Waals surface area (Å²) in [6.07, 6.45) is 0.796. The zero-order chi connectivity index (χ0) is 27.7. The number of thiophene rings is 1. The van der Waals surface area contributed by atoms with Crippen LogP contribution < -0.4 is 14.2 Å². The summed E-state index contributed by atoms with van der Waals surface area (Å²) in [5.41, 5.74) is 2.27. The number of carbonyl (C=O) groups is 2. The van der Waals surface area contributed by atoms with Gasteiger partial charge in [-0.05, 0) is 86.0 Å². The second-order valence-electron chi connectivity index (χ2n) is 11.3. The van der Waals surface area contributed by atoms with E-state index in [1.54, 1.807) is 34.4 Å². The molecule has 2 aliphatic heterocycles. The van der Waals surface area contributed by atoms with Crippen molar-refractivity contribution in [2.45, 2.75) is 58.5 Å². The Balaban J connectivity index is 1.35. The molecule has 2 aromatic carbocycles. The average molecular weight is 549 g/mol. The van der Waals surface area contributed by atoms with Gasteiger partial charge in [0, 0.05) is 22.5 Å². The monoisotopic (exact) mass is 548 g/mol. The molecule has 0 aliphatic carbocycles. The fourth-order valence-corrected chi connectivity index (χ4v) is 5.95. The molecule has 1 unspecified atom stereocenters. The molecule has 8 heteroatoms. The van der Waals surface area contributed by atoms with Crippen LogP contribution in [0, 0.1) is 0 Å². The molecule has 39 heavy (non-hydrogen) atoms. The van der Waals surface area contributed by atoms with Gasteiger partial charge in [-0.25, -0.2) is 0 Å². The first-order valence-corrected chi connectivity index (χ1v) is 14.3. The molecule has 2 amide bonds. The van der Waals surface area contributed by atoms with Crippen LogP contribution in [0.4, 0.5) is 0 Å². The van der Waals surface area contributed by atoms with Gasteiger partial charge >= 0.3 is 0 Å². The van der Waals surface area contributed by atoms with Crippen molar-refractivity contribution in [1.82, 2.24) is 9.80 Å². The topological polar surface area (TPSA) is 68.3 Å². The number of benzene rings is 2. The molecule has 0 spiro atoms. The Bertz CT molecular complexity index is 1340. The van der Waals surface area contributed by atoms with E-state index in [0.717, 1.165) is 17.7 Å². The molecule has 0 bridgehead atoms. The van der Waals surface area contributed by atoms with Gasteiger partial charge in [-0.1, -0.05) is 26.0 Å². The van der Waals surface area contributed by atoms with Crippen LogP contribution in [0.5, 0.6) is 17.2 Å². The highest BCUT2D eigenvalue weighted by atomic mass is 32.1. The van der Waals surface area contributed by atoms with Crippen molar-refractivity contribution in [3.63, 3.8) is 0 Å². The number of nitrogens with zero attached hydrogens (tertiary/aromatic N) is 2. The number of carbonyl (C=O) groups excluding carboxylic acids is 2. The summed E-state index contributed by atoms with van der Waals surface area (Å²) in [5.74, 6) is 2.07. The Morgan fingerprint density at radius 1 is 1.08 bits per heavy atom. The molecule has 3 aromatic rings. The second-order valence-corrected chi connectivity index (χ2v) is 12.3. The maximum Gasteiger partial charge on any atom is 0.254 e. The van der Waals surface area contributed by atoms with Gasteiger partial charge < -0.3 is 24.0 Å². The molecule has 2 aliphatic rings. The molecule has 0 saturated heterocycles. The van der Waals surface area contributed by atoms with Gasteiger partial charge in [-0.2, -0.15) is 0 Å². The summed E-state index contributed by atoms with van der Waals surface area (Å²) in [7, 11) is 0. The molecular formula is C31H36N2O5S. The Morgan fingerprint density at radius 3 is 2.54 bits per heavy atom. The summed E-state index contributed by atoms with van der Waals surface area (Å²) in [6.45, 7) is 11.2. The molecule has 0 fully saturated rings. The van der Waals surface area contributed by atoms with E-state index in [9.17, 15) is 9.59 Å². The van der Waals surface area contributed by atoms with Crippen LogP contribution in [0.2, 0.25) is 0 Å². The second kappa shape index (κ2) is 10.9. The van der Waals surface area contributed by atoms with E-state index in [1.165, 1.54) is 10.4 Å². The van der Waals surface area contributed by atoms with E-state index >= 15 is 0 Å². The predicted octanol–water partition coefficient (Wildman–Crippen LogP) is 6.05. The normalized spacial score (nSPS) is 16.3. The van der Waals surface area contributed by atoms with Gasteiger partial charge in [0.25, 0.3) is 5.91 Å². The Labute approximate surface area is 234 Å². The van der Waals surface area contributed by atoms with Crippen LogP contribution in [0.25, 0.3) is 0 Å². The smallest absolute Gasteiger partial charge is 0.254 e. The van der Waals surface area contributed by atoms with Crippen molar-refractivity contribution in [3.8, 4) is 17.2 Å². The van der Waals surface area contributed by atoms with E-state index in [1.807, 2.05) is 37.8 Å². The Kier molecular flexibility index (Phi) is 7.58. The van der Waals surface area contributed by atoms with Crippen molar-refractivity contribution in [3.05, 3.63) is 75.5 Å². The fraction of sp³-hybridized carbons (Fsp3) is 0.419. The zero-order valence-corrected chi connectivity index (χ0v) is 24.0. The lowest BCUT2D eigenvalue weighted by atomic mass is 9.99. The minimum atomic E-state index is -0.573. The first-order valence-electron chi connectivity index (χ1n) is 13.4. The van der Waals surface area contributed by atoms with Crippen LogP contribution in [0.1, 0.15) is 72.9 Å². The number of ether oxygens (including phenoxy) is 3. The molecule has 7 nitrogen and oxygen atoms in total. The molecule has 1 aromatic heterocycles. The van der Waals surface area contributed by atoms with Crippen molar-refractivity contribution in [2.75, 3.05) is 26.5 Å². The Morgan fingerprint density at radius 2 is 1.82 bits per heavy atom. The summed E-state index contributed by atoms with van der Waals surface area (Å²) in [4.78, 5) is 32.4. The largest absolute Gasteiger partial charge is 0.491 e. The van der Waals surface area contributed by atoms with Crippen LogP contribution in [0.15, 0.2) is 53.9 Å². The van der Waals surface area contributed by atoms with Crippen molar-refractivity contribution >= 4 is 23.2 Å². The van der Waals surface area contributed by atoms with E-state index in [-0.39, 0.29) is 31.2 Å². The zero-order valence-electron chi connectivity index (χ0n) is 23.2. The highest BCUT2D eigenvalue weighted by Gasteiger charge is 2.36. The number of fused-ring (bicyclic) bond motifs is 2. The third-order valence-electron chi connectivity index (χ3n) is 7.34. The molecule has 3 heterocycles. The van der Waals surface area contributed by atoms with Crippen LogP contribution in [0.3, 0.4) is 0 Å². The minimum Gasteiger partial charge on any atom is -0.491 e. The predicted molar refractivity (Wildman–Crippen MR) is 152 cm³/mol. The SMILES string of the molecule is CC(C)c1ccc(OCC2c3ccsc3CCN2C(=O)CN(C(=O)c2ccc3c(c2)OCO3)C(C)(C)C)cc1. The maximum atomic E-state index is 13.9. The van der Waals surface area contributed by atoms with Gasteiger partial charge in [-0.3, -0.25) is 9.59 Å². The van der Waals surface area contributed by atoms with Gasteiger partial charge in [0.1, 0.15) is 18.9 Å². The molecule has 5 rings (SSSR count). The van der Waals surface area contributed by atoms with Crippen molar-refractivity contribution in [2.24, 2.45) is 0 Å². The third kappa shape index (κ3) is 5.76. The highest BCUT2D eigenvalue weighted by Crippen LogP contribution is 2.36. The van der Waals surface area contributed by atoms with Crippen LogP contribution >= 0.6 is 11.3 Å². The van der Waals surface area contributed by atoms with E-state index < -0.39 is 5.54 Å². The standard InChI is InChI=1S/C31H36N2O5S/c1-20(2)21-6-9-23(10-7-21)36-18-25-24-13-15-39-28(24)12-14-32(25)29(34)17-33(31(3,4)5)30(35)22-8-11-26-27(16-22)38-19-37-26/h6-11,13,15-16,20,25H,12,14,17-19H2,1-5H3. The number of rotatable bonds is 7. The average Bonchev–Trinajstić information content (AvgIpc) is 3.58. The van der Waals surface area contributed by atoms with Crippen molar-refractivity contribution in [1.29, 1.82) is 0 Å². The Hall–Kier alpha value is -3.52. The quantitative estimate of drug-likeness (QED) is 0.360. The molecular weight excluding hydrogens is 512 g/mol. The molecule has 0 N–H and O–H groups in total. The number of amides is 2. The van der Waals surface area contributed by atoms with E-state index in [0.29, 0.717) is 36.1 Å². The maximum absolute atomic E-state index is 13.9. The van der Waals surface area contributed by atoms with E-state index in [4.69, 9.17) is 14.2 Å². The minimum absolute atomic E-state index is 0.0319.